The van der Waals surface area contributed by atoms with Crippen molar-refractivity contribution in [3.8, 4) is 0 Å². The zero-order valence-corrected chi connectivity index (χ0v) is 11.8. The fourth-order valence-electron chi connectivity index (χ4n) is 2.38. The van der Waals surface area contributed by atoms with Crippen molar-refractivity contribution in [2.24, 2.45) is 0 Å². The van der Waals surface area contributed by atoms with E-state index in [2.05, 4.69) is 51.6 Å². The molecule has 0 aliphatic carbocycles. The highest BCUT2D eigenvalue weighted by atomic mass is 15.0. The number of aromatic amines is 1. The van der Waals surface area contributed by atoms with Gasteiger partial charge in [0.2, 0.25) is 0 Å². The van der Waals surface area contributed by atoms with Crippen LogP contribution in [0, 0.1) is 13.8 Å². The molecule has 3 aromatic rings. The van der Waals surface area contributed by atoms with Gasteiger partial charge in [-0.15, -0.1) is 0 Å². The second-order valence-electron chi connectivity index (χ2n) is 5.09. The number of anilines is 1. The van der Waals surface area contributed by atoms with Gasteiger partial charge in [-0.3, -0.25) is 4.98 Å². The van der Waals surface area contributed by atoms with E-state index in [0.717, 1.165) is 24.5 Å². The topological polar surface area (TPSA) is 53.6 Å². The number of H-pyrrole nitrogens is 1. The Bertz CT molecular complexity index is 730. The fraction of sp³-hybridized carbons (Fsp3) is 0.250. The van der Waals surface area contributed by atoms with Crippen molar-refractivity contribution in [2.75, 3.05) is 11.9 Å². The van der Waals surface area contributed by atoms with E-state index in [1.807, 2.05) is 6.92 Å². The summed E-state index contributed by atoms with van der Waals surface area (Å²) < 4.78 is 0. The lowest BCUT2D eigenvalue weighted by molar-refractivity contribution is 0.997. The standard InChI is InChI=1S/C16H18N4/c1-11-3-4-14-13(9-19-15(14)7-11)5-6-18-16-10-17-8-12(2)20-16/h3-4,7-10,19H,5-6H2,1-2H3,(H,18,20). The Morgan fingerprint density at radius 2 is 2.10 bits per heavy atom. The molecule has 1 aromatic carbocycles. The van der Waals surface area contributed by atoms with Gasteiger partial charge in [0.05, 0.1) is 11.9 Å². The molecule has 0 saturated carbocycles. The molecule has 2 N–H and O–H groups in total. The van der Waals surface area contributed by atoms with Crippen LogP contribution in [0.1, 0.15) is 16.8 Å². The summed E-state index contributed by atoms with van der Waals surface area (Å²) in [4.78, 5) is 11.8. The first kappa shape index (κ1) is 12.7. The fourth-order valence-corrected chi connectivity index (χ4v) is 2.38. The molecule has 0 saturated heterocycles. The van der Waals surface area contributed by atoms with Gasteiger partial charge in [-0.2, -0.15) is 0 Å². The molecule has 20 heavy (non-hydrogen) atoms. The van der Waals surface area contributed by atoms with Gasteiger partial charge >= 0.3 is 0 Å². The highest BCUT2D eigenvalue weighted by Gasteiger charge is 2.03. The molecule has 0 atom stereocenters. The van der Waals surface area contributed by atoms with E-state index in [4.69, 9.17) is 0 Å². The summed E-state index contributed by atoms with van der Waals surface area (Å²) in [5.74, 6) is 0.834. The molecular weight excluding hydrogens is 248 g/mol. The van der Waals surface area contributed by atoms with Crippen LogP contribution in [-0.4, -0.2) is 21.5 Å². The molecule has 2 aromatic heterocycles. The molecule has 0 aliphatic rings. The lowest BCUT2D eigenvalue weighted by Gasteiger charge is -2.05. The zero-order valence-electron chi connectivity index (χ0n) is 11.8. The van der Waals surface area contributed by atoms with Crippen molar-refractivity contribution in [2.45, 2.75) is 20.3 Å². The summed E-state index contributed by atoms with van der Waals surface area (Å²) in [5, 5.41) is 4.61. The third kappa shape index (κ3) is 2.64. The Balaban J connectivity index is 1.68. The van der Waals surface area contributed by atoms with E-state index in [9.17, 15) is 0 Å². The van der Waals surface area contributed by atoms with Gasteiger partial charge in [0.15, 0.2) is 0 Å². The van der Waals surface area contributed by atoms with Crippen LogP contribution in [-0.2, 0) is 6.42 Å². The van der Waals surface area contributed by atoms with Crippen LogP contribution in [0.5, 0.6) is 0 Å². The minimum Gasteiger partial charge on any atom is -0.368 e. The van der Waals surface area contributed by atoms with Crippen LogP contribution in [0.25, 0.3) is 10.9 Å². The Morgan fingerprint density at radius 3 is 2.95 bits per heavy atom. The summed E-state index contributed by atoms with van der Waals surface area (Å²) in [6, 6.07) is 6.51. The first-order chi connectivity index (χ1) is 9.72. The van der Waals surface area contributed by atoms with E-state index < -0.39 is 0 Å². The molecule has 2 heterocycles. The SMILES string of the molecule is Cc1ccc2c(CCNc3cncc(C)n3)c[nH]c2c1. The van der Waals surface area contributed by atoms with Crippen molar-refractivity contribution in [3.05, 3.63) is 53.6 Å². The molecule has 0 amide bonds. The maximum Gasteiger partial charge on any atom is 0.144 e. The number of nitrogens with zero attached hydrogens (tertiary/aromatic N) is 2. The minimum absolute atomic E-state index is 0.834. The van der Waals surface area contributed by atoms with Gasteiger partial charge in [-0.25, -0.2) is 4.98 Å². The van der Waals surface area contributed by atoms with Gasteiger partial charge in [0.25, 0.3) is 0 Å². The monoisotopic (exact) mass is 266 g/mol. The molecule has 0 spiro atoms. The van der Waals surface area contributed by atoms with Crippen LogP contribution in [0.3, 0.4) is 0 Å². The zero-order chi connectivity index (χ0) is 13.9. The number of nitrogens with one attached hydrogen (secondary N) is 2. The Morgan fingerprint density at radius 1 is 1.20 bits per heavy atom. The van der Waals surface area contributed by atoms with Crippen LogP contribution in [0.15, 0.2) is 36.8 Å². The molecule has 0 fully saturated rings. The van der Waals surface area contributed by atoms with Gasteiger partial charge in [0, 0.05) is 29.8 Å². The predicted octanol–water partition coefficient (Wildman–Crippen LogP) is 3.23. The normalized spacial score (nSPS) is 10.9. The van der Waals surface area contributed by atoms with E-state index in [1.165, 1.54) is 22.0 Å². The molecule has 4 nitrogen and oxygen atoms in total. The lowest BCUT2D eigenvalue weighted by atomic mass is 10.1. The number of hydrogen-bond acceptors (Lipinski definition) is 3. The van der Waals surface area contributed by atoms with E-state index >= 15 is 0 Å². The Hall–Kier alpha value is -2.36. The predicted molar refractivity (Wildman–Crippen MR) is 82.0 cm³/mol. The van der Waals surface area contributed by atoms with Crippen molar-refractivity contribution in [1.82, 2.24) is 15.0 Å². The molecule has 0 aliphatic heterocycles. The second kappa shape index (κ2) is 5.33. The summed E-state index contributed by atoms with van der Waals surface area (Å²) in [6.45, 7) is 4.90. The number of aryl methyl sites for hydroxylation is 2. The summed E-state index contributed by atoms with van der Waals surface area (Å²) in [5.41, 5.74) is 4.74. The molecule has 4 heteroatoms. The second-order valence-corrected chi connectivity index (χ2v) is 5.09. The highest BCUT2D eigenvalue weighted by molar-refractivity contribution is 5.83. The molecular formula is C16H18N4. The van der Waals surface area contributed by atoms with Gasteiger partial charge in [0.1, 0.15) is 5.82 Å². The summed E-state index contributed by atoms with van der Waals surface area (Å²) in [6.07, 6.45) is 6.56. The number of fused-ring (bicyclic) bond motifs is 1. The summed E-state index contributed by atoms with van der Waals surface area (Å²) in [7, 11) is 0. The molecule has 3 rings (SSSR count). The van der Waals surface area contributed by atoms with Gasteiger partial charge < -0.3 is 10.3 Å². The van der Waals surface area contributed by atoms with Crippen LogP contribution < -0.4 is 5.32 Å². The molecule has 102 valence electrons. The average Bonchev–Trinajstić information content (AvgIpc) is 2.81. The minimum atomic E-state index is 0.834. The molecule has 0 radical (unpaired) electrons. The average molecular weight is 266 g/mol. The third-order valence-electron chi connectivity index (χ3n) is 3.38. The Labute approximate surface area is 118 Å². The third-order valence-corrected chi connectivity index (χ3v) is 3.38. The first-order valence-electron chi connectivity index (χ1n) is 6.81. The number of aromatic nitrogens is 3. The van der Waals surface area contributed by atoms with Crippen molar-refractivity contribution in [3.63, 3.8) is 0 Å². The number of rotatable bonds is 4. The van der Waals surface area contributed by atoms with Crippen molar-refractivity contribution < 1.29 is 0 Å². The maximum absolute atomic E-state index is 4.38. The van der Waals surface area contributed by atoms with Crippen molar-refractivity contribution >= 4 is 16.7 Å². The smallest absolute Gasteiger partial charge is 0.144 e. The quantitative estimate of drug-likeness (QED) is 0.762. The molecule has 0 unspecified atom stereocenters. The highest BCUT2D eigenvalue weighted by Crippen LogP contribution is 2.19. The van der Waals surface area contributed by atoms with Crippen molar-refractivity contribution in [1.29, 1.82) is 0 Å². The van der Waals surface area contributed by atoms with Crippen LogP contribution in [0.2, 0.25) is 0 Å². The maximum atomic E-state index is 4.38. The van der Waals surface area contributed by atoms with Gasteiger partial charge in [-0.05, 0) is 37.5 Å². The van der Waals surface area contributed by atoms with Crippen LogP contribution in [0.4, 0.5) is 5.82 Å². The first-order valence-corrected chi connectivity index (χ1v) is 6.81. The lowest BCUT2D eigenvalue weighted by Crippen LogP contribution is -2.06. The van der Waals surface area contributed by atoms with Crippen LogP contribution >= 0.6 is 0 Å². The number of hydrogen-bond donors (Lipinski definition) is 2. The number of benzene rings is 1. The molecule has 0 bridgehead atoms. The van der Waals surface area contributed by atoms with E-state index in [-0.39, 0.29) is 0 Å². The summed E-state index contributed by atoms with van der Waals surface area (Å²) >= 11 is 0. The Kier molecular flexibility index (Phi) is 3.37. The largest absolute Gasteiger partial charge is 0.368 e. The van der Waals surface area contributed by atoms with E-state index in [0.29, 0.717) is 0 Å². The van der Waals surface area contributed by atoms with E-state index in [1.54, 1.807) is 12.4 Å². The van der Waals surface area contributed by atoms with Gasteiger partial charge in [-0.1, -0.05) is 12.1 Å².